The third kappa shape index (κ3) is 5.69. The van der Waals surface area contributed by atoms with E-state index < -0.39 is 9.04 Å². The monoisotopic (exact) mass is 379 g/mol. The lowest BCUT2D eigenvalue weighted by atomic mass is 9.67. The molecule has 1 amide bonds. The fourth-order valence-electron chi connectivity index (χ4n) is 3.13. The highest BCUT2D eigenvalue weighted by Gasteiger charge is 2.48. The first-order valence-corrected chi connectivity index (χ1v) is 12.5. The van der Waals surface area contributed by atoms with Gasteiger partial charge in [0.05, 0.1) is 5.92 Å². The second-order valence-corrected chi connectivity index (χ2v) is 11.5. The molecular formula is C19H29NO3SSi. The third-order valence-electron chi connectivity index (χ3n) is 4.58. The molecule has 1 fully saturated rings. The number of carbonyl (C=O) groups excluding carboxylic acids is 2. The van der Waals surface area contributed by atoms with Gasteiger partial charge in [-0.3, -0.25) is 9.59 Å². The Morgan fingerprint density at radius 3 is 2.44 bits per heavy atom. The average molecular weight is 380 g/mol. The maximum absolute atomic E-state index is 12.4. The maximum atomic E-state index is 12.4. The van der Waals surface area contributed by atoms with Crippen molar-refractivity contribution < 1.29 is 14.0 Å². The average Bonchev–Trinajstić information content (AvgIpc) is 2.50. The SMILES string of the molecule is C[SiH](C)OC[C@H]([C@@H]1C(=O)N[C@@H]1CC(=O)Sc1ccccc1)C(C)(C)C. The maximum Gasteiger partial charge on any atom is 0.225 e. The number of benzene rings is 1. The van der Waals surface area contributed by atoms with E-state index in [-0.39, 0.29) is 34.3 Å². The van der Waals surface area contributed by atoms with Crippen LogP contribution in [0, 0.1) is 17.3 Å². The Kier molecular flexibility index (Phi) is 6.88. The molecule has 1 aromatic carbocycles. The molecule has 0 aliphatic carbocycles. The highest BCUT2D eigenvalue weighted by atomic mass is 32.2. The highest BCUT2D eigenvalue weighted by molar-refractivity contribution is 8.13. The summed E-state index contributed by atoms with van der Waals surface area (Å²) in [5.74, 6) is 0.0280. The van der Waals surface area contributed by atoms with Crippen LogP contribution in [0.15, 0.2) is 35.2 Å². The van der Waals surface area contributed by atoms with Crippen LogP contribution in [0.5, 0.6) is 0 Å². The molecule has 1 heterocycles. The molecular weight excluding hydrogens is 350 g/mol. The summed E-state index contributed by atoms with van der Waals surface area (Å²) < 4.78 is 5.95. The summed E-state index contributed by atoms with van der Waals surface area (Å²) >= 11 is 1.25. The molecule has 138 valence electrons. The highest BCUT2D eigenvalue weighted by Crippen LogP contribution is 2.39. The van der Waals surface area contributed by atoms with Crippen LogP contribution >= 0.6 is 11.8 Å². The summed E-state index contributed by atoms with van der Waals surface area (Å²) in [6.45, 7) is 11.3. The number of carbonyl (C=O) groups is 2. The molecule has 1 aliphatic rings. The first-order valence-electron chi connectivity index (χ1n) is 8.86. The van der Waals surface area contributed by atoms with Crippen molar-refractivity contribution >= 4 is 31.8 Å². The first-order chi connectivity index (χ1) is 11.7. The molecule has 0 bridgehead atoms. The molecule has 1 aliphatic heterocycles. The molecule has 0 unspecified atom stereocenters. The second kappa shape index (κ2) is 8.51. The van der Waals surface area contributed by atoms with Crippen LogP contribution in [0.25, 0.3) is 0 Å². The second-order valence-electron chi connectivity index (χ2n) is 7.99. The molecule has 3 atom stereocenters. The van der Waals surface area contributed by atoms with Gasteiger partial charge < -0.3 is 9.74 Å². The fourth-order valence-corrected chi connectivity index (χ4v) is 4.54. The lowest BCUT2D eigenvalue weighted by Gasteiger charge is -2.46. The molecule has 1 N–H and O–H groups in total. The van der Waals surface area contributed by atoms with Gasteiger partial charge in [0.1, 0.15) is 0 Å². The summed E-state index contributed by atoms with van der Waals surface area (Å²) in [5, 5.41) is 3.02. The van der Waals surface area contributed by atoms with E-state index >= 15 is 0 Å². The van der Waals surface area contributed by atoms with E-state index in [1.807, 2.05) is 30.3 Å². The van der Waals surface area contributed by atoms with Crippen molar-refractivity contribution in [2.45, 2.75) is 51.2 Å². The zero-order valence-corrected chi connectivity index (χ0v) is 17.7. The Labute approximate surface area is 156 Å². The Morgan fingerprint density at radius 1 is 1.28 bits per heavy atom. The van der Waals surface area contributed by atoms with Crippen molar-refractivity contribution in [2.75, 3.05) is 6.61 Å². The van der Waals surface area contributed by atoms with Crippen molar-refractivity contribution in [3.63, 3.8) is 0 Å². The molecule has 6 heteroatoms. The van der Waals surface area contributed by atoms with Crippen LogP contribution in [0.1, 0.15) is 27.2 Å². The van der Waals surface area contributed by atoms with E-state index in [4.69, 9.17) is 4.43 Å². The summed E-state index contributed by atoms with van der Waals surface area (Å²) in [6.07, 6.45) is 0.363. The number of amides is 1. The van der Waals surface area contributed by atoms with Gasteiger partial charge in [0.15, 0.2) is 14.2 Å². The molecule has 25 heavy (non-hydrogen) atoms. The minimum Gasteiger partial charge on any atom is -0.420 e. The van der Waals surface area contributed by atoms with E-state index in [0.717, 1.165) is 4.90 Å². The van der Waals surface area contributed by atoms with E-state index in [1.54, 1.807) is 0 Å². The van der Waals surface area contributed by atoms with E-state index in [9.17, 15) is 9.59 Å². The zero-order valence-electron chi connectivity index (χ0n) is 15.7. The van der Waals surface area contributed by atoms with Crippen LogP contribution in [0.2, 0.25) is 13.1 Å². The van der Waals surface area contributed by atoms with Gasteiger partial charge in [-0.1, -0.05) is 50.7 Å². The number of rotatable bonds is 7. The van der Waals surface area contributed by atoms with Crippen molar-refractivity contribution in [1.29, 1.82) is 0 Å². The van der Waals surface area contributed by atoms with Crippen molar-refractivity contribution in [2.24, 2.45) is 17.3 Å². The molecule has 0 aromatic heterocycles. The van der Waals surface area contributed by atoms with Gasteiger partial charge in [0.25, 0.3) is 0 Å². The lowest BCUT2D eigenvalue weighted by Crippen LogP contribution is -2.63. The largest absolute Gasteiger partial charge is 0.420 e. The molecule has 1 aromatic rings. The summed E-state index contributed by atoms with van der Waals surface area (Å²) in [6, 6.07) is 9.55. The van der Waals surface area contributed by atoms with Crippen LogP contribution in [-0.2, 0) is 14.0 Å². The molecule has 0 spiro atoms. The number of nitrogens with one attached hydrogen (secondary N) is 1. The first kappa shape index (κ1) is 20.2. The third-order valence-corrected chi connectivity index (χ3v) is 6.34. The van der Waals surface area contributed by atoms with Gasteiger partial charge in [-0.05, 0) is 36.6 Å². The van der Waals surface area contributed by atoms with Gasteiger partial charge in [0, 0.05) is 24.0 Å². The van der Waals surface area contributed by atoms with Gasteiger partial charge in [-0.15, -0.1) is 0 Å². The van der Waals surface area contributed by atoms with Crippen LogP contribution in [0.4, 0.5) is 0 Å². The predicted octanol–water partition coefficient (Wildman–Crippen LogP) is 3.47. The smallest absolute Gasteiger partial charge is 0.225 e. The van der Waals surface area contributed by atoms with E-state index in [2.05, 4.69) is 39.2 Å². The van der Waals surface area contributed by atoms with Crippen LogP contribution in [0.3, 0.4) is 0 Å². The van der Waals surface area contributed by atoms with Crippen molar-refractivity contribution in [3.8, 4) is 0 Å². The van der Waals surface area contributed by atoms with Gasteiger partial charge in [0.2, 0.25) is 5.91 Å². The van der Waals surface area contributed by atoms with Crippen molar-refractivity contribution in [3.05, 3.63) is 30.3 Å². The van der Waals surface area contributed by atoms with Gasteiger partial charge in [-0.25, -0.2) is 0 Å². The number of thioether (sulfide) groups is 1. The van der Waals surface area contributed by atoms with Crippen molar-refractivity contribution in [1.82, 2.24) is 5.32 Å². The topological polar surface area (TPSA) is 55.4 Å². The quantitative estimate of drug-likeness (QED) is 0.448. The van der Waals surface area contributed by atoms with Gasteiger partial charge >= 0.3 is 0 Å². The lowest BCUT2D eigenvalue weighted by molar-refractivity contribution is -0.142. The molecule has 0 saturated carbocycles. The fraction of sp³-hybridized carbons (Fsp3) is 0.579. The van der Waals surface area contributed by atoms with Crippen LogP contribution in [-0.4, -0.2) is 32.7 Å². The number of hydrogen-bond donors (Lipinski definition) is 1. The van der Waals surface area contributed by atoms with E-state index in [0.29, 0.717) is 13.0 Å². The Balaban J connectivity index is 2.00. The molecule has 4 nitrogen and oxygen atoms in total. The predicted molar refractivity (Wildman–Crippen MR) is 105 cm³/mol. The van der Waals surface area contributed by atoms with E-state index in [1.165, 1.54) is 11.8 Å². The molecule has 0 radical (unpaired) electrons. The summed E-state index contributed by atoms with van der Waals surface area (Å²) in [5.41, 5.74) is -0.0421. The minimum atomic E-state index is -1.15. The summed E-state index contributed by atoms with van der Waals surface area (Å²) in [4.78, 5) is 25.6. The molecule has 1 saturated heterocycles. The standard InChI is InChI=1S/C19H29NO3SSi/c1-19(2,3)14(12-23-25(4)5)17-15(20-18(17)22)11-16(21)24-13-9-7-6-8-10-13/h6-10,14-15,17,25H,11-12H2,1-5H3,(H,20,22)/t14-,15-,17+/m1/s1. The minimum absolute atomic E-state index is 0.0421. The Hall–Kier alpha value is -1.11. The molecule has 2 rings (SSSR count). The Morgan fingerprint density at radius 2 is 1.92 bits per heavy atom. The number of hydrogen-bond acceptors (Lipinski definition) is 4. The summed E-state index contributed by atoms with van der Waals surface area (Å²) in [7, 11) is -1.15. The zero-order chi connectivity index (χ0) is 18.6. The van der Waals surface area contributed by atoms with Gasteiger partial charge in [-0.2, -0.15) is 0 Å². The Bertz CT molecular complexity index is 600. The normalized spacial score (nSPS) is 21.6. The number of β-lactam (4-membered cyclic amide) rings is 1. The van der Waals surface area contributed by atoms with Crippen LogP contribution < -0.4 is 5.32 Å².